The van der Waals surface area contributed by atoms with Crippen molar-refractivity contribution in [1.82, 2.24) is 0 Å². The van der Waals surface area contributed by atoms with Crippen molar-refractivity contribution in [3.63, 3.8) is 0 Å². The van der Waals surface area contributed by atoms with Gasteiger partial charge in [-0.2, -0.15) is 0 Å². The maximum absolute atomic E-state index is 13.0. The molecule has 0 spiro atoms. The van der Waals surface area contributed by atoms with E-state index in [-0.39, 0.29) is 29.7 Å². The number of aliphatic hydroxyl groups is 1. The van der Waals surface area contributed by atoms with Crippen molar-refractivity contribution >= 4 is 5.78 Å². The van der Waals surface area contributed by atoms with E-state index >= 15 is 0 Å². The number of Topliss-reactive ketones (excluding diaryl/α,β-unsaturated/α-hetero) is 1. The summed E-state index contributed by atoms with van der Waals surface area (Å²) in [5, 5.41) is 11.6. The van der Waals surface area contributed by atoms with Gasteiger partial charge in [-0.3, -0.25) is 4.79 Å². The molecule has 122 valence electrons. The second-order valence-electron chi connectivity index (χ2n) is 7.50. The molecule has 3 aliphatic rings. The lowest BCUT2D eigenvalue weighted by atomic mass is 9.75. The number of hydrogen-bond acceptors (Lipinski definition) is 4. The molecule has 0 bridgehead atoms. The topological polar surface area (TPSA) is 55.8 Å². The van der Waals surface area contributed by atoms with E-state index in [1.54, 1.807) is 0 Å². The SMILES string of the molecule is CC(C)OC1=C(OC(C)C)[C@]2(O)C3=CCC[C@H]3C[C@]2(C)C1=O. The van der Waals surface area contributed by atoms with Gasteiger partial charge < -0.3 is 14.6 Å². The first kappa shape index (κ1) is 15.6. The van der Waals surface area contributed by atoms with Crippen molar-refractivity contribution < 1.29 is 19.4 Å². The minimum Gasteiger partial charge on any atom is -0.488 e. The molecule has 1 fully saturated rings. The Morgan fingerprint density at radius 1 is 1.23 bits per heavy atom. The summed E-state index contributed by atoms with van der Waals surface area (Å²) in [5.41, 5.74) is -1.24. The standard InChI is InChI=1S/C18H26O4/c1-10(2)21-14-15(19)17(5)9-12-7-6-8-13(12)18(17,20)16(14)22-11(3)4/h8,10-12,20H,6-7,9H2,1-5H3/t12-,17+,18+/m0/s1. The van der Waals surface area contributed by atoms with Gasteiger partial charge in [0, 0.05) is 0 Å². The highest BCUT2D eigenvalue weighted by Gasteiger charge is 2.71. The van der Waals surface area contributed by atoms with Gasteiger partial charge in [0.1, 0.15) is 0 Å². The van der Waals surface area contributed by atoms with E-state index in [0.29, 0.717) is 12.2 Å². The molecular formula is C18H26O4. The van der Waals surface area contributed by atoms with Crippen LogP contribution in [0.4, 0.5) is 0 Å². The second kappa shape index (κ2) is 4.85. The number of fused-ring (bicyclic) bond motifs is 3. The average Bonchev–Trinajstić information content (AvgIpc) is 2.98. The van der Waals surface area contributed by atoms with E-state index in [4.69, 9.17) is 9.47 Å². The van der Waals surface area contributed by atoms with E-state index in [0.717, 1.165) is 18.4 Å². The molecule has 0 heterocycles. The molecule has 1 N–H and O–H groups in total. The van der Waals surface area contributed by atoms with Gasteiger partial charge >= 0.3 is 0 Å². The first-order valence-corrected chi connectivity index (χ1v) is 8.27. The summed E-state index contributed by atoms with van der Waals surface area (Å²) in [6, 6.07) is 0. The Bertz CT molecular complexity index is 572. The van der Waals surface area contributed by atoms with Crippen LogP contribution in [0.2, 0.25) is 0 Å². The second-order valence-corrected chi connectivity index (χ2v) is 7.50. The van der Waals surface area contributed by atoms with Crippen LogP contribution in [0.5, 0.6) is 0 Å². The highest BCUT2D eigenvalue weighted by molar-refractivity contribution is 6.04. The fourth-order valence-electron chi connectivity index (χ4n) is 4.25. The van der Waals surface area contributed by atoms with Crippen LogP contribution in [-0.2, 0) is 14.3 Å². The van der Waals surface area contributed by atoms with Crippen molar-refractivity contribution in [2.45, 2.75) is 71.7 Å². The lowest BCUT2D eigenvalue weighted by Crippen LogP contribution is -2.45. The summed E-state index contributed by atoms with van der Waals surface area (Å²) in [4.78, 5) is 13.0. The highest BCUT2D eigenvalue weighted by atomic mass is 16.5. The maximum atomic E-state index is 13.0. The summed E-state index contributed by atoms with van der Waals surface area (Å²) >= 11 is 0. The Hall–Kier alpha value is -1.29. The van der Waals surface area contributed by atoms with Gasteiger partial charge in [-0.25, -0.2) is 0 Å². The molecule has 4 nitrogen and oxygen atoms in total. The molecular weight excluding hydrogens is 280 g/mol. The molecule has 0 aromatic heterocycles. The van der Waals surface area contributed by atoms with Gasteiger partial charge in [-0.1, -0.05) is 6.08 Å². The van der Waals surface area contributed by atoms with Crippen LogP contribution in [0, 0.1) is 11.3 Å². The number of hydrogen-bond donors (Lipinski definition) is 1. The summed E-state index contributed by atoms with van der Waals surface area (Å²) in [7, 11) is 0. The van der Waals surface area contributed by atoms with Crippen molar-refractivity contribution in [3.05, 3.63) is 23.2 Å². The third-order valence-electron chi connectivity index (χ3n) is 5.14. The third kappa shape index (κ3) is 1.82. The van der Waals surface area contributed by atoms with Gasteiger partial charge in [-0.05, 0) is 65.4 Å². The van der Waals surface area contributed by atoms with Crippen LogP contribution in [0.3, 0.4) is 0 Å². The van der Waals surface area contributed by atoms with E-state index in [2.05, 4.69) is 6.08 Å². The normalized spacial score (nSPS) is 37.0. The van der Waals surface area contributed by atoms with Crippen molar-refractivity contribution in [1.29, 1.82) is 0 Å². The van der Waals surface area contributed by atoms with Crippen LogP contribution in [0.1, 0.15) is 53.9 Å². The van der Waals surface area contributed by atoms with Crippen molar-refractivity contribution in [2.24, 2.45) is 11.3 Å². The first-order valence-electron chi connectivity index (χ1n) is 8.27. The van der Waals surface area contributed by atoms with E-state index in [1.165, 1.54) is 0 Å². The molecule has 0 saturated heterocycles. The predicted molar refractivity (Wildman–Crippen MR) is 83.0 cm³/mol. The Balaban J connectivity index is 2.15. The van der Waals surface area contributed by atoms with Crippen molar-refractivity contribution in [3.8, 4) is 0 Å². The molecule has 0 amide bonds. The van der Waals surface area contributed by atoms with Crippen molar-refractivity contribution in [2.75, 3.05) is 0 Å². The van der Waals surface area contributed by atoms with Gasteiger partial charge in [0.25, 0.3) is 0 Å². The van der Waals surface area contributed by atoms with E-state index in [1.807, 2.05) is 34.6 Å². The molecule has 0 radical (unpaired) electrons. The quantitative estimate of drug-likeness (QED) is 0.811. The predicted octanol–water partition coefficient (Wildman–Crippen LogP) is 3.11. The molecule has 3 atom stereocenters. The van der Waals surface area contributed by atoms with E-state index < -0.39 is 11.0 Å². The molecule has 22 heavy (non-hydrogen) atoms. The number of rotatable bonds is 4. The summed E-state index contributed by atoms with van der Waals surface area (Å²) in [5.74, 6) is 0.722. The fourth-order valence-corrected chi connectivity index (χ4v) is 4.25. The summed E-state index contributed by atoms with van der Waals surface area (Å²) < 4.78 is 11.7. The zero-order chi connectivity index (χ0) is 16.3. The molecule has 4 heteroatoms. The summed E-state index contributed by atoms with van der Waals surface area (Å²) in [6.45, 7) is 9.42. The van der Waals surface area contributed by atoms with Gasteiger partial charge in [0.05, 0.1) is 17.6 Å². The van der Waals surface area contributed by atoms with Gasteiger partial charge in [-0.15, -0.1) is 0 Å². The largest absolute Gasteiger partial charge is 0.488 e. The minimum atomic E-state index is -1.33. The van der Waals surface area contributed by atoms with Crippen LogP contribution in [0.15, 0.2) is 23.2 Å². The molecule has 0 unspecified atom stereocenters. The van der Waals surface area contributed by atoms with Gasteiger partial charge in [0.2, 0.25) is 11.5 Å². The Kier molecular flexibility index (Phi) is 3.44. The monoisotopic (exact) mass is 306 g/mol. The number of carbonyl (C=O) groups excluding carboxylic acids is 1. The fraction of sp³-hybridized carbons (Fsp3) is 0.722. The Morgan fingerprint density at radius 2 is 1.86 bits per heavy atom. The molecule has 0 aliphatic heterocycles. The molecule has 3 aliphatic carbocycles. The van der Waals surface area contributed by atoms with Crippen LogP contribution >= 0.6 is 0 Å². The number of carbonyl (C=O) groups is 1. The third-order valence-corrected chi connectivity index (χ3v) is 5.14. The van der Waals surface area contributed by atoms with Gasteiger partial charge in [0.15, 0.2) is 11.4 Å². The minimum absolute atomic E-state index is 0.116. The molecule has 3 rings (SSSR count). The zero-order valence-corrected chi connectivity index (χ0v) is 14.1. The molecule has 0 aromatic rings. The summed E-state index contributed by atoms with van der Waals surface area (Å²) in [6.07, 6.45) is 4.47. The van der Waals surface area contributed by atoms with E-state index in [9.17, 15) is 9.90 Å². The molecule has 1 saturated carbocycles. The first-order chi connectivity index (χ1) is 10.2. The number of allylic oxidation sites excluding steroid dienone is 2. The van der Waals surface area contributed by atoms with Crippen LogP contribution < -0.4 is 0 Å². The zero-order valence-electron chi connectivity index (χ0n) is 14.1. The smallest absolute Gasteiger partial charge is 0.210 e. The molecule has 0 aromatic carbocycles. The number of ketones is 1. The lowest BCUT2D eigenvalue weighted by molar-refractivity contribution is -0.133. The van der Waals surface area contributed by atoms with Crippen LogP contribution in [0.25, 0.3) is 0 Å². The average molecular weight is 306 g/mol. The number of ether oxygens (including phenoxy) is 2. The Labute approximate surface area is 132 Å². The maximum Gasteiger partial charge on any atom is 0.210 e. The highest BCUT2D eigenvalue weighted by Crippen LogP contribution is 2.64. The Morgan fingerprint density at radius 3 is 2.45 bits per heavy atom. The van der Waals surface area contributed by atoms with Crippen LogP contribution in [-0.4, -0.2) is 28.7 Å². The lowest BCUT2D eigenvalue weighted by Gasteiger charge is -2.34.